The number of pyridine rings is 2. The van der Waals surface area contributed by atoms with Gasteiger partial charge in [-0.05, 0) is 24.3 Å². The van der Waals surface area contributed by atoms with Crippen molar-refractivity contribution in [1.82, 2.24) is 19.9 Å². The number of aromatic nitrogens is 4. The Hall–Kier alpha value is -2.87. The molecule has 5 rings (SSSR count). The number of anilines is 3. The Kier molecular flexibility index (Phi) is 5.16. The first-order valence-corrected chi connectivity index (χ1v) is 10.3. The van der Waals surface area contributed by atoms with Crippen molar-refractivity contribution >= 4 is 51.6 Å². The van der Waals surface area contributed by atoms with Crippen molar-refractivity contribution in [2.45, 2.75) is 0 Å². The van der Waals surface area contributed by atoms with Crippen LogP contribution in [0.3, 0.4) is 0 Å². The Morgan fingerprint density at radius 2 is 1.77 bits per heavy atom. The van der Waals surface area contributed by atoms with Gasteiger partial charge in [-0.15, -0.1) is 0 Å². The first-order chi connectivity index (χ1) is 14.7. The van der Waals surface area contributed by atoms with Crippen molar-refractivity contribution in [2.24, 2.45) is 0 Å². The van der Waals surface area contributed by atoms with E-state index >= 15 is 0 Å². The minimum atomic E-state index is 0.531. The van der Waals surface area contributed by atoms with Crippen LogP contribution in [0.5, 0.6) is 0 Å². The van der Waals surface area contributed by atoms with Crippen LogP contribution in [0, 0.1) is 0 Å². The van der Waals surface area contributed by atoms with Crippen LogP contribution in [0.4, 0.5) is 17.3 Å². The molecule has 9 heteroatoms. The van der Waals surface area contributed by atoms with Gasteiger partial charge in [-0.2, -0.15) is 0 Å². The Balaban J connectivity index is 1.49. The quantitative estimate of drug-likeness (QED) is 0.469. The van der Waals surface area contributed by atoms with Crippen LogP contribution in [0.2, 0.25) is 10.0 Å². The molecule has 1 aromatic carbocycles. The highest BCUT2D eigenvalue weighted by atomic mass is 35.5. The van der Waals surface area contributed by atoms with E-state index in [1.807, 2.05) is 18.2 Å². The molecule has 0 aliphatic carbocycles. The van der Waals surface area contributed by atoms with E-state index in [4.69, 9.17) is 27.9 Å². The number of imidazole rings is 1. The number of benzene rings is 1. The molecule has 4 aromatic rings. The number of aromatic amines is 1. The Morgan fingerprint density at radius 3 is 2.57 bits per heavy atom. The minimum absolute atomic E-state index is 0.531. The SMILES string of the molecule is Clc1cccc(Cl)c1-c1nc2ccnc(Nc3cc(N4CCOCC4)ccn3)c2[nH]1. The molecule has 30 heavy (non-hydrogen) atoms. The normalized spacial score (nSPS) is 14.3. The number of rotatable bonds is 4. The fraction of sp³-hybridized carbons (Fsp3) is 0.190. The molecule has 0 atom stereocenters. The summed E-state index contributed by atoms with van der Waals surface area (Å²) < 4.78 is 5.44. The fourth-order valence-corrected chi connectivity index (χ4v) is 4.08. The van der Waals surface area contributed by atoms with Gasteiger partial charge in [0.15, 0.2) is 5.82 Å². The van der Waals surface area contributed by atoms with Crippen LogP contribution in [-0.4, -0.2) is 46.2 Å². The third-order valence-corrected chi connectivity index (χ3v) is 5.60. The molecule has 2 N–H and O–H groups in total. The van der Waals surface area contributed by atoms with E-state index in [2.05, 4.69) is 30.2 Å². The first kappa shape index (κ1) is 19.1. The summed E-state index contributed by atoms with van der Waals surface area (Å²) in [6, 6.07) is 11.2. The summed E-state index contributed by atoms with van der Waals surface area (Å²) in [6.07, 6.45) is 3.49. The van der Waals surface area contributed by atoms with E-state index in [9.17, 15) is 0 Å². The zero-order valence-corrected chi connectivity index (χ0v) is 17.4. The van der Waals surface area contributed by atoms with Crippen molar-refractivity contribution in [2.75, 3.05) is 36.5 Å². The van der Waals surface area contributed by atoms with Crippen molar-refractivity contribution in [3.8, 4) is 11.4 Å². The van der Waals surface area contributed by atoms with Crippen LogP contribution in [0.1, 0.15) is 0 Å². The van der Waals surface area contributed by atoms with Gasteiger partial charge in [0, 0.05) is 37.2 Å². The highest BCUT2D eigenvalue weighted by Gasteiger charge is 2.16. The number of fused-ring (bicyclic) bond motifs is 1. The Labute approximate surface area is 183 Å². The summed E-state index contributed by atoms with van der Waals surface area (Å²) in [5, 5.41) is 4.37. The number of morpholine rings is 1. The van der Waals surface area contributed by atoms with E-state index in [1.54, 1.807) is 30.6 Å². The van der Waals surface area contributed by atoms with Gasteiger partial charge >= 0.3 is 0 Å². The molecular weight excluding hydrogens is 423 g/mol. The zero-order chi connectivity index (χ0) is 20.5. The van der Waals surface area contributed by atoms with Crippen molar-refractivity contribution < 1.29 is 4.74 Å². The molecule has 0 bridgehead atoms. The molecule has 3 aromatic heterocycles. The van der Waals surface area contributed by atoms with Crippen molar-refractivity contribution in [1.29, 1.82) is 0 Å². The predicted octanol–water partition coefficient (Wildman–Crippen LogP) is 4.91. The standard InChI is InChI=1S/C21H18Cl2N6O/c22-14-2-1-3-15(23)18(14)20-26-16-5-7-25-21(19(16)28-20)27-17-12-13(4-6-24-17)29-8-10-30-11-9-29/h1-7,12H,8-11H2,(H,26,28)(H,24,25,27). The van der Waals surface area contributed by atoms with Crippen LogP contribution in [0.25, 0.3) is 22.4 Å². The third-order valence-electron chi connectivity index (χ3n) is 4.97. The number of hydrogen-bond acceptors (Lipinski definition) is 6. The average molecular weight is 441 g/mol. The van der Waals surface area contributed by atoms with E-state index in [0.29, 0.717) is 33.1 Å². The summed E-state index contributed by atoms with van der Waals surface area (Å²) in [4.78, 5) is 19.1. The fourth-order valence-electron chi connectivity index (χ4n) is 3.50. The van der Waals surface area contributed by atoms with Crippen molar-refractivity contribution in [3.63, 3.8) is 0 Å². The smallest absolute Gasteiger partial charge is 0.157 e. The highest BCUT2D eigenvalue weighted by Crippen LogP contribution is 2.35. The van der Waals surface area contributed by atoms with Gasteiger partial charge < -0.3 is 19.9 Å². The number of H-pyrrole nitrogens is 1. The molecule has 0 spiro atoms. The second-order valence-corrected chi connectivity index (χ2v) is 7.67. The molecule has 4 heterocycles. The van der Waals surface area contributed by atoms with Crippen LogP contribution < -0.4 is 10.2 Å². The third kappa shape index (κ3) is 3.67. The second kappa shape index (κ2) is 8.10. The molecule has 0 saturated carbocycles. The number of nitrogens with one attached hydrogen (secondary N) is 2. The molecule has 1 aliphatic rings. The summed E-state index contributed by atoms with van der Waals surface area (Å²) in [5.74, 6) is 1.92. The van der Waals surface area contributed by atoms with Gasteiger partial charge in [0.25, 0.3) is 0 Å². The monoisotopic (exact) mass is 440 g/mol. The first-order valence-electron chi connectivity index (χ1n) is 9.54. The molecule has 0 unspecified atom stereocenters. The Morgan fingerprint density at radius 1 is 1.00 bits per heavy atom. The van der Waals surface area contributed by atoms with Gasteiger partial charge in [-0.25, -0.2) is 15.0 Å². The van der Waals surface area contributed by atoms with Gasteiger partial charge in [-0.3, -0.25) is 0 Å². The molecule has 1 saturated heterocycles. The lowest BCUT2D eigenvalue weighted by atomic mass is 10.2. The summed E-state index contributed by atoms with van der Waals surface area (Å²) in [6.45, 7) is 3.18. The predicted molar refractivity (Wildman–Crippen MR) is 120 cm³/mol. The number of hydrogen-bond donors (Lipinski definition) is 2. The topological polar surface area (TPSA) is 79.0 Å². The van der Waals surface area contributed by atoms with E-state index in [1.165, 1.54) is 0 Å². The van der Waals surface area contributed by atoms with E-state index in [-0.39, 0.29) is 0 Å². The maximum Gasteiger partial charge on any atom is 0.157 e. The maximum absolute atomic E-state index is 6.35. The van der Waals surface area contributed by atoms with Crippen LogP contribution >= 0.6 is 23.2 Å². The largest absolute Gasteiger partial charge is 0.378 e. The molecule has 152 valence electrons. The average Bonchev–Trinajstić information content (AvgIpc) is 3.19. The molecule has 1 aliphatic heterocycles. The number of halogens is 2. The molecule has 7 nitrogen and oxygen atoms in total. The summed E-state index contributed by atoms with van der Waals surface area (Å²) in [5.41, 5.74) is 3.26. The Bertz CT molecular complexity index is 1190. The lowest BCUT2D eigenvalue weighted by Crippen LogP contribution is -2.36. The zero-order valence-electron chi connectivity index (χ0n) is 15.9. The van der Waals surface area contributed by atoms with E-state index in [0.717, 1.165) is 43.0 Å². The van der Waals surface area contributed by atoms with Crippen LogP contribution in [0.15, 0.2) is 48.8 Å². The summed E-state index contributed by atoms with van der Waals surface area (Å²) >= 11 is 12.7. The minimum Gasteiger partial charge on any atom is -0.378 e. The molecule has 0 radical (unpaired) electrons. The molecule has 0 amide bonds. The van der Waals surface area contributed by atoms with Crippen LogP contribution in [-0.2, 0) is 4.74 Å². The van der Waals surface area contributed by atoms with Gasteiger partial charge in [0.05, 0.1) is 34.3 Å². The highest BCUT2D eigenvalue weighted by molar-refractivity contribution is 6.39. The van der Waals surface area contributed by atoms with Gasteiger partial charge in [0.2, 0.25) is 0 Å². The summed E-state index contributed by atoms with van der Waals surface area (Å²) in [7, 11) is 0. The molecular formula is C21H18Cl2N6O. The van der Waals surface area contributed by atoms with Gasteiger partial charge in [-0.1, -0.05) is 29.3 Å². The lowest BCUT2D eigenvalue weighted by molar-refractivity contribution is 0.122. The molecule has 1 fully saturated rings. The second-order valence-electron chi connectivity index (χ2n) is 6.86. The van der Waals surface area contributed by atoms with Gasteiger partial charge in [0.1, 0.15) is 17.2 Å². The maximum atomic E-state index is 6.35. The number of ether oxygens (including phenoxy) is 1. The number of nitrogens with zero attached hydrogens (tertiary/aromatic N) is 4. The van der Waals surface area contributed by atoms with Crippen molar-refractivity contribution in [3.05, 3.63) is 58.8 Å². The van der Waals surface area contributed by atoms with E-state index < -0.39 is 0 Å². The lowest BCUT2D eigenvalue weighted by Gasteiger charge is -2.28.